The molecule has 1 saturated heterocycles. The van der Waals surface area contributed by atoms with Gasteiger partial charge in [-0.3, -0.25) is 0 Å². The minimum Gasteiger partial charge on any atom is -0.457 e. The third-order valence-electron chi connectivity index (χ3n) is 4.87. The van der Waals surface area contributed by atoms with Crippen molar-refractivity contribution in [3.8, 4) is 11.5 Å². The van der Waals surface area contributed by atoms with E-state index in [1.165, 1.54) is 0 Å². The Morgan fingerprint density at radius 2 is 1.61 bits per heavy atom. The fraction of sp³-hybridized carbons (Fsp3) is 0.273. The van der Waals surface area contributed by atoms with Crippen LogP contribution in [0.4, 0.5) is 17.5 Å². The second-order valence-electron chi connectivity index (χ2n) is 6.72. The van der Waals surface area contributed by atoms with Crippen molar-refractivity contribution in [3.63, 3.8) is 0 Å². The van der Waals surface area contributed by atoms with E-state index in [-0.39, 0.29) is 0 Å². The number of ether oxygens (including phenoxy) is 1. The smallest absolute Gasteiger partial charge is 0.229 e. The van der Waals surface area contributed by atoms with Crippen LogP contribution in [0.1, 0.15) is 6.92 Å². The molecule has 4 rings (SSSR count). The summed E-state index contributed by atoms with van der Waals surface area (Å²) in [5.41, 5.74) is 0.924. The largest absolute Gasteiger partial charge is 0.457 e. The lowest BCUT2D eigenvalue weighted by molar-refractivity contribution is 0.270. The van der Waals surface area contributed by atoms with Gasteiger partial charge in [-0.1, -0.05) is 25.1 Å². The van der Waals surface area contributed by atoms with Crippen LogP contribution in [0.25, 0.3) is 0 Å². The average Bonchev–Trinajstić information content (AvgIpc) is 2.76. The average molecular weight is 375 g/mol. The molecule has 0 unspecified atom stereocenters. The Labute approximate surface area is 165 Å². The van der Waals surface area contributed by atoms with Gasteiger partial charge in [0.15, 0.2) is 0 Å². The minimum atomic E-state index is 0.604. The van der Waals surface area contributed by atoms with Gasteiger partial charge >= 0.3 is 0 Å². The maximum Gasteiger partial charge on any atom is 0.229 e. The van der Waals surface area contributed by atoms with E-state index in [0.29, 0.717) is 5.95 Å². The van der Waals surface area contributed by atoms with Crippen LogP contribution in [0, 0.1) is 0 Å². The van der Waals surface area contributed by atoms with Crippen molar-refractivity contribution < 1.29 is 4.74 Å². The van der Waals surface area contributed by atoms with Gasteiger partial charge in [-0.05, 0) is 49.0 Å². The summed E-state index contributed by atoms with van der Waals surface area (Å²) in [4.78, 5) is 13.8. The molecule has 1 aliphatic heterocycles. The molecule has 1 aromatic heterocycles. The number of hydrogen-bond acceptors (Lipinski definition) is 6. The molecule has 28 heavy (non-hydrogen) atoms. The topological polar surface area (TPSA) is 53.5 Å². The molecule has 2 aromatic carbocycles. The van der Waals surface area contributed by atoms with Crippen molar-refractivity contribution in [1.82, 2.24) is 14.9 Å². The van der Waals surface area contributed by atoms with Crippen LogP contribution in [0.2, 0.25) is 0 Å². The molecule has 0 radical (unpaired) electrons. The van der Waals surface area contributed by atoms with Gasteiger partial charge in [-0.25, -0.2) is 4.98 Å². The number of benzene rings is 2. The first-order valence-electron chi connectivity index (χ1n) is 9.70. The Morgan fingerprint density at radius 1 is 0.893 bits per heavy atom. The Balaban J connectivity index is 1.39. The molecule has 6 nitrogen and oxygen atoms in total. The van der Waals surface area contributed by atoms with E-state index in [4.69, 9.17) is 4.74 Å². The molecule has 6 heteroatoms. The number of likely N-dealkylation sites (N-methyl/N-ethyl adjacent to an activating group) is 1. The molecule has 0 saturated carbocycles. The molecule has 0 aliphatic carbocycles. The Kier molecular flexibility index (Phi) is 5.68. The number of para-hydroxylation sites is 1. The quantitative estimate of drug-likeness (QED) is 0.698. The van der Waals surface area contributed by atoms with Gasteiger partial charge in [0.1, 0.15) is 17.3 Å². The van der Waals surface area contributed by atoms with Crippen LogP contribution in [0.5, 0.6) is 11.5 Å². The van der Waals surface area contributed by atoms with Gasteiger partial charge in [0.25, 0.3) is 0 Å². The van der Waals surface area contributed by atoms with Crippen molar-refractivity contribution in [2.45, 2.75) is 6.92 Å². The molecule has 0 amide bonds. The summed E-state index contributed by atoms with van der Waals surface area (Å²) in [7, 11) is 0. The van der Waals surface area contributed by atoms with Gasteiger partial charge < -0.3 is 19.9 Å². The van der Waals surface area contributed by atoms with Crippen molar-refractivity contribution >= 4 is 17.5 Å². The normalized spacial score (nSPS) is 14.7. The molecule has 1 fully saturated rings. The lowest BCUT2D eigenvalue weighted by atomic mass is 10.3. The van der Waals surface area contributed by atoms with Crippen LogP contribution in [0.3, 0.4) is 0 Å². The van der Waals surface area contributed by atoms with Crippen molar-refractivity contribution in [3.05, 3.63) is 66.9 Å². The van der Waals surface area contributed by atoms with Gasteiger partial charge in [-0.15, -0.1) is 0 Å². The van der Waals surface area contributed by atoms with E-state index >= 15 is 0 Å². The molecule has 0 bridgehead atoms. The third-order valence-corrected chi connectivity index (χ3v) is 4.87. The standard InChI is InChI=1S/C22H25N5O/c1-2-26-14-16-27(17-15-26)21-12-13-23-22(25-21)24-18-8-10-20(11-9-18)28-19-6-4-3-5-7-19/h3-13H,2,14-17H2,1H3,(H,23,24,25). The zero-order valence-corrected chi connectivity index (χ0v) is 16.1. The maximum atomic E-state index is 5.83. The summed E-state index contributed by atoms with van der Waals surface area (Å²) in [6.45, 7) is 7.46. The van der Waals surface area contributed by atoms with E-state index in [0.717, 1.165) is 55.7 Å². The molecule has 1 N–H and O–H groups in total. The second-order valence-corrected chi connectivity index (χ2v) is 6.72. The first-order chi connectivity index (χ1) is 13.8. The zero-order valence-electron chi connectivity index (χ0n) is 16.1. The second kappa shape index (κ2) is 8.71. The number of piperazine rings is 1. The highest BCUT2D eigenvalue weighted by atomic mass is 16.5. The summed E-state index contributed by atoms with van der Waals surface area (Å²) in [6, 6.07) is 19.5. The third kappa shape index (κ3) is 4.58. The van der Waals surface area contributed by atoms with Gasteiger partial charge in [0, 0.05) is 38.1 Å². The van der Waals surface area contributed by atoms with Crippen LogP contribution in [-0.4, -0.2) is 47.6 Å². The maximum absolute atomic E-state index is 5.83. The molecular formula is C22H25N5O. The monoisotopic (exact) mass is 375 g/mol. The predicted molar refractivity (Wildman–Crippen MR) is 113 cm³/mol. The molecule has 0 spiro atoms. The molecule has 0 atom stereocenters. The van der Waals surface area contributed by atoms with Crippen LogP contribution in [-0.2, 0) is 0 Å². The van der Waals surface area contributed by atoms with Gasteiger partial charge in [0.2, 0.25) is 5.95 Å². The number of anilines is 3. The van der Waals surface area contributed by atoms with E-state index in [2.05, 4.69) is 32.0 Å². The van der Waals surface area contributed by atoms with Crippen molar-refractivity contribution in [1.29, 1.82) is 0 Å². The summed E-state index contributed by atoms with van der Waals surface area (Å²) >= 11 is 0. The highest BCUT2D eigenvalue weighted by Gasteiger charge is 2.17. The molecule has 3 aromatic rings. The molecular weight excluding hydrogens is 350 g/mol. The Hall–Kier alpha value is -3.12. The number of nitrogens with zero attached hydrogens (tertiary/aromatic N) is 4. The van der Waals surface area contributed by atoms with Crippen molar-refractivity contribution in [2.75, 3.05) is 42.9 Å². The SMILES string of the molecule is CCN1CCN(c2ccnc(Nc3ccc(Oc4ccccc4)cc3)n2)CC1. The summed E-state index contributed by atoms with van der Waals surface area (Å²) < 4.78 is 5.83. The molecule has 144 valence electrons. The zero-order chi connectivity index (χ0) is 19.2. The first-order valence-corrected chi connectivity index (χ1v) is 9.70. The number of nitrogens with one attached hydrogen (secondary N) is 1. The lowest BCUT2D eigenvalue weighted by Gasteiger charge is -2.34. The van der Waals surface area contributed by atoms with Crippen LogP contribution < -0.4 is 15.0 Å². The van der Waals surface area contributed by atoms with Crippen LogP contribution in [0.15, 0.2) is 66.9 Å². The van der Waals surface area contributed by atoms with E-state index < -0.39 is 0 Å². The van der Waals surface area contributed by atoms with E-state index in [1.54, 1.807) is 0 Å². The highest BCUT2D eigenvalue weighted by molar-refractivity contribution is 5.56. The summed E-state index contributed by atoms with van der Waals surface area (Å²) in [6.07, 6.45) is 1.81. The number of aromatic nitrogens is 2. The van der Waals surface area contributed by atoms with Crippen LogP contribution >= 0.6 is 0 Å². The van der Waals surface area contributed by atoms with Crippen molar-refractivity contribution in [2.24, 2.45) is 0 Å². The summed E-state index contributed by atoms with van der Waals surface area (Å²) in [5.74, 6) is 3.19. The van der Waals surface area contributed by atoms with E-state index in [9.17, 15) is 0 Å². The molecule has 2 heterocycles. The number of rotatable bonds is 6. The van der Waals surface area contributed by atoms with Gasteiger partial charge in [0.05, 0.1) is 0 Å². The molecule has 1 aliphatic rings. The fourth-order valence-electron chi connectivity index (χ4n) is 3.24. The predicted octanol–water partition coefficient (Wildman–Crippen LogP) is 4.15. The fourth-order valence-corrected chi connectivity index (χ4v) is 3.24. The lowest BCUT2D eigenvalue weighted by Crippen LogP contribution is -2.46. The van der Waals surface area contributed by atoms with E-state index in [1.807, 2.05) is 66.9 Å². The highest BCUT2D eigenvalue weighted by Crippen LogP contribution is 2.24. The first kappa shape index (κ1) is 18.3. The van der Waals surface area contributed by atoms with Gasteiger partial charge in [-0.2, -0.15) is 4.98 Å². The minimum absolute atomic E-state index is 0.604. The summed E-state index contributed by atoms with van der Waals surface area (Å²) in [5, 5.41) is 3.28. The number of hydrogen-bond donors (Lipinski definition) is 1. The Morgan fingerprint density at radius 3 is 2.32 bits per heavy atom. The Bertz CT molecular complexity index is 877.